The maximum atomic E-state index is 4.66. The number of nitrogens with one attached hydrogen (secondary N) is 1. The molecular weight excluding hydrogens is 252 g/mol. The van der Waals surface area contributed by atoms with Gasteiger partial charge in [-0.1, -0.05) is 42.5 Å². The van der Waals surface area contributed by atoms with Crippen LogP contribution in [0, 0.1) is 0 Å². The predicted molar refractivity (Wildman–Crippen MR) is 81.6 cm³/mol. The number of aromatic nitrogens is 1. The van der Waals surface area contributed by atoms with Crippen molar-refractivity contribution >= 4 is 22.1 Å². The van der Waals surface area contributed by atoms with Gasteiger partial charge in [-0.15, -0.1) is 11.3 Å². The Kier molecular flexibility index (Phi) is 3.58. The molecule has 0 spiro atoms. The molecule has 1 N–H and O–H groups in total. The van der Waals surface area contributed by atoms with Crippen LogP contribution >= 0.6 is 11.3 Å². The van der Waals surface area contributed by atoms with E-state index in [1.54, 1.807) is 11.3 Å². The summed E-state index contributed by atoms with van der Waals surface area (Å²) >= 11 is 1.74. The van der Waals surface area contributed by atoms with E-state index >= 15 is 0 Å². The zero-order valence-electron chi connectivity index (χ0n) is 10.9. The molecule has 19 heavy (non-hydrogen) atoms. The van der Waals surface area contributed by atoms with E-state index in [1.165, 1.54) is 21.3 Å². The highest BCUT2D eigenvalue weighted by atomic mass is 32.1. The van der Waals surface area contributed by atoms with Gasteiger partial charge in [0.05, 0.1) is 10.7 Å². The maximum Gasteiger partial charge on any atom is 0.0973 e. The van der Waals surface area contributed by atoms with Crippen LogP contribution in [0.25, 0.3) is 10.8 Å². The molecule has 1 aromatic heterocycles. The summed E-state index contributed by atoms with van der Waals surface area (Å²) in [6.07, 6.45) is 0.912. The molecule has 3 rings (SSSR count). The van der Waals surface area contributed by atoms with Gasteiger partial charge in [0.25, 0.3) is 0 Å². The summed E-state index contributed by atoms with van der Waals surface area (Å²) in [5.74, 6) is 0. The van der Waals surface area contributed by atoms with E-state index in [2.05, 4.69) is 58.1 Å². The Morgan fingerprint density at radius 1 is 1.11 bits per heavy atom. The lowest BCUT2D eigenvalue weighted by molar-refractivity contribution is 0.793. The second-order valence-electron chi connectivity index (χ2n) is 4.58. The van der Waals surface area contributed by atoms with Crippen LogP contribution in [0.1, 0.15) is 16.3 Å². The summed E-state index contributed by atoms with van der Waals surface area (Å²) in [5, 5.41) is 9.08. The van der Waals surface area contributed by atoms with Gasteiger partial charge in [0.1, 0.15) is 0 Å². The van der Waals surface area contributed by atoms with Gasteiger partial charge in [0.2, 0.25) is 0 Å². The average Bonchev–Trinajstić information content (AvgIpc) is 2.87. The SMILES string of the molecule is CNCc1csc(Cc2cccc3ccccc23)n1. The van der Waals surface area contributed by atoms with Crippen molar-refractivity contribution in [3.63, 3.8) is 0 Å². The van der Waals surface area contributed by atoms with E-state index in [0.29, 0.717) is 0 Å². The molecule has 96 valence electrons. The first-order valence-corrected chi connectivity index (χ1v) is 7.29. The molecule has 0 saturated heterocycles. The fraction of sp³-hybridized carbons (Fsp3) is 0.188. The number of fused-ring (bicyclic) bond motifs is 1. The third-order valence-electron chi connectivity index (χ3n) is 3.18. The number of rotatable bonds is 4. The van der Waals surface area contributed by atoms with Gasteiger partial charge in [-0.3, -0.25) is 0 Å². The largest absolute Gasteiger partial charge is 0.314 e. The van der Waals surface area contributed by atoms with Crippen molar-refractivity contribution in [2.45, 2.75) is 13.0 Å². The molecule has 0 aliphatic carbocycles. The van der Waals surface area contributed by atoms with Crippen LogP contribution in [-0.2, 0) is 13.0 Å². The van der Waals surface area contributed by atoms with E-state index in [0.717, 1.165) is 18.7 Å². The predicted octanol–water partition coefficient (Wildman–Crippen LogP) is 3.61. The second-order valence-corrected chi connectivity index (χ2v) is 5.52. The smallest absolute Gasteiger partial charge is 0.0973 e. The van der Waals surface area contributed by atoms with Crippen molar-refractivity contribution in [1.82, 2.24) is 10.3 Å². The molecule has 2 nitrogen and oxygen atoms in total. The van der Waals surface area contributed by atoms with Crippen molar-refractivity contribution in [1.29, 1.82) is 0 Å². The third-order valence-corrected chi connectivity index (χ3v) is 4.08. The summed E-state index contributed by atoms with van der Waals surface area (Å²) in [6, 6.07) is 15.0. The van der Waals surface area contributed by atoms with Gasteiger partial charge < -0.3 is 5.32 Å². The fourth-order valence-corrected chi connectivity index (χ4v) is 3.12. The van der Waals surface area contributed by atoms with Crippen molar-refractivity contribution in [3.8, 4) is 0 Å². The normalized spacial score (nSPS) is 11.0. The quantitative estimate of drug-likeness (QED) is 0.782. The number of hydrogen-bond acceptors (Lipinski definition) is 3. The molecule has 0 aliphatic rings. The summed E-state index contributed by atoms with van der Waals surface area (Å²) < 4.78 is 0. The van der Waals surface area contributed by atoms with Crippen molar-refractivity contribution in [3.05, 3.63) is 64.1 Å². The number of nitrogens with zero attached hydrogens (tertiary/aromatic N) is 1. The number of hydrogen-bond donors (Lipinski definition) is 1. The van der Waals surface area contributed by atoms with Gasteiger partial charge in [0.15, 0.2) is 0 Å². The fourth-order valence-electron chi connectivity index (χ4n) is 2.30. The first kappa shape index (κ1) is 12.3. The number of benzene rings is 2. The van der Waals surface area contributed by atoms with Crippen LogP contribution in [-0.4, -0.2) is 12.0 Å². The lowest BCUT2D eigenvalue weighted by atomic mass is 10.0. The summed E-state index contributed by atoms with van der Waals surface area (Å²) in [6.45, 7) is 0.839. The van der Waals surface area contributed by atoms with Gasteiger partial charge in [0, 0.05) is 18.3 Å². The van der Waals surface area contributed by atoms with E-state index in [4.69, 9.17) is 0 Å². The van der Waals surface area contributed by atoms with E-state index < -0.39 is 0 Å². The van der Waals surface area contributed by atoms with Crippen molar-refractivity contribution < 1.29 is 0 Å². The Labute approximate surface area is 117 Å². The minimum atomic E-state index is 0.839. The third kappa shape index (κ3) is 2.67. The minimum Gasteiger partial charge on any atom is -0.314 e. The first-order chi connectivity index (χ1) is 9.36. The molecule has 3 aromatic rings. The Morgan fingerprint density at radius 2 is 1.95 bits per heavy atom. The van der Waals surface area contributed by atoms with Crippen LogP contribution in [0.5, 0.6) is 0 Å². The molecule has 0 atom stereocenters. The highest BCUT2D eigenvalue weighted by Gasteiger charge is 2.05. The molecular formula is C16H16N2S. The van der Waals surface area contributed by atoms with Crippen LogP contribution in [0.4, 0.5) is 0 Å². The molecule has 2 aromatic carbocycles. The molecule has 0 amide bonds. The summed E-state index contributed by atoms with van der Waals surface area (Å²) in [7, 11) is 1.95. The Morgan fingerprint density at radius 3 is 2.84 bits per heavy atom. The van der Waals surface area contributed by atoms with Gasteiger partial charge in [-0.05, 0) is 23.4 Å². The Hall–Kier alpha value is -1.71. The van der Waals surface area contributed by atoms with E-state index in [9.17, 15) is 0 Å². The average molecular weight is 268 g/mol. The summed E-state index contributed by atoms with van der Waals surface area (Å²) in [4.78, 5) is 4.66. The van der Waals surface area contributed by atoms with Gasteiger partial charge >= 0.3 is 0 Å². The molecule has 0 radical (unpaired) electrons. The maximum absolute atomic E-state index is 4.66. The second kappa shape index (κ2) is 5.51. The zero-order chi connectivity index (χ0) is 13.1. The molecule has 1 heterocycles. The van der Waals surface area contributed by atoms with E-state index in [-0.39, 0.29) is 0 Å². The number of thiazole rings is 1. The molecule has 0 aliphatic heterocycles. The molecule has 0 bridgehead atoms. The monoisotopic (exact) mass is 268 g/mol. The van der Waals surface area contributed by atoms with Crippen LogP contribution in [0.2, 0.25) is 0 Å². The molecule has 0 fully saturated rings. The van der Waals surface area contributed by atoms with Crippen molar-refractivity contribution in [2.75, 3.05) is 7.05 Å². The molecule has 3 heteroatoms. The van der Waals surface area contributed by atoms with Crippen LogP contribution < -0.4 is 5.32 Å². The zero-order valence-corrected chi connectivity index (χ0v) is 11.7. The van der Waals surface area contributed by atoms with Gasteiger partial charge in [-0.2, -0.15) is 0 Å². The van der Waals surface area contributed by atoms with Crippen molar-refractivity contribution in [2.24, 2.45) is 0 Å². The van der Waals surface area contributed by atoms with Crippen LogP contribution in [0.3, 0.4) is 0 Å². The topological polar surface area (TPSA) is 24.9 Å². The highest BCUT2D eigenvalue weighted by molar-refractivity contribution is 7.09. The molecule has 0 saturated carbocycles. The van der Waals surface area contributed by atoms with Crippen LogP contribution in [0.15, 0.2) is 47.8 Å². The standard InChI is InChI=1S/C16H16N2S/c1-17-10-14-11-19-16(18-14)9-13-7-4-6-12-5-2-3-8-15(12)13/h2-8,11,17H,9-10H2,1H3. The van der Waals surface area contributed by atoms with E-state index in [1.807, 2.05) is 7.05 Å². The lowest BCUT2D eigenvalue weighted by Crippen LogP contribution is -2.05. The lowest BCUT2D eigenvalue weighted by Gasteiger charge is -2.04. The Bertz CT molecular complexity index is 683. The Balaban J connectivity index is 1.92. The van der Waals surface area contributed by atoms with Gasteiger partial charge in [-0.25, -0.2) is 4.98 Å². The minimum absolute atomic E-state index is 0.839. The highest BCUT2D eigenvalue weighted by Crippen LogP contribution is 2.22. The first-order valence-electron chi connectivity index (χ1n) is 6.41. The molecule has 0 unspecified atom stereocenters. The summed E-state index contributed by atoms with van der Waals surface area (Å²) in [5.41, 5.74) is 2.48.